The van der Waals surface area contributed by atoms with Crippen LogP contribution >= 0.6 is 11.3 Å². The van der Waals surface area contributed by atoms with Crippen LogP contribution < -0.4 is 4.74 Å². The van der Waals surface area contributed by atoms with Gasteiger partial charge in [0.2, 0.25) is 0 Å². The Morgan fingerprint density at radius 2 is 1.85 bits per heavy atom. The van der Waals surface area contributed by atoms with E-state index in [2.05, 4.69) is 24.8 Å². The Balaban J connectivity index is 1.74. The summed E-state index contributed by atoms with van der Waals surface area (Å²) in [5, 5.41) is 9.39. The highest BCUT2D eigenvalue weighted by Crippen LogP contribution is 2.37. The van der Waals surface area contributed by atoms with E-state index in [9.17, 15) is 10.1 Å². The highest BCUT2D eigenvalue weighted by Gasteiger charge is 2.30. The Labute approximate surface area is 164 Å². The number of hydrogen-bond donors (Lipinski definition) is 0. The first kappa shape index (κ1) is 19.4. The van der Waals surface area contributed by atoms with E-state index in [1.807, 2.05) is 41.3 Å². The molecule has 27 heavy (non-hydrogen) atoms. The number of benzene rings is 1. The number of methoxy groups -OCH3 is 1. The first-order valence-corrected chi connectivity index (χ1v) is 10.0. The van der Waals surface area contributed by atoms with Crippen LogP contribution in [-0.2, 0) is 0 Å². The van der Waals surface area contributed by atoms with Crippen LogP contribution in [0.5, 0.6) is 5.75 Å². The van der Waals surface area contributed by atoms with Gasteiger partial charge in [0.25, 0.3) is 5.91 Å². The molecular weight excluding hydrogens is 358 g/mol. The highest BCUT2D eigenvalue weighted by molar-refractivity contribution is 7.17. The molecule has 1 amide bonds. The van der Waals surface area contributed by atoms with E-state index < -0.39 is 0 Å². The van der Waals surface area contributed by atoms with Gasteiger partial charge in [-0.05, 0) is 17.5 Å². The molecule has 2 aromatic rings. The third kappa shape index (κ3) is 4.15. The monoisotopic (exact) mass is 383 g/mol. The number of ether oxygens (including phenoxy) is 1. The van der Waals surface area contributed by atoms with Crippen LogP contribution in [0.1, 0.15) is 23.5 Å². The average Bonchev–Trinajstić information content (AvgIpc) is 3.13. The van der Waals surface area contributed by atoms with Crippen molar-refractivity contribution >= 4 is 17.2 Å². The van der Waals surface area contributed by atoms with Gasteiger partial charge >= 0.3 is 0 Å². The number of nitriles is 1. The zero-order valence-corrected chi connectivity index (χ0v) is 16.8. The summed E-state index contributed by atoms with van der Waals surface area (Å²) in [4.78, 5) is 18.8. The van der Waals surface area contributed by atoms with Crippen LogP contribution in [0.3, 0.4) is 0 Å². The fraction of sp³-hybridized carbons (Fsp3) is 0.429. The second-order valence-electron chi connectivity index (χ2n) is 7.02. The minimum Gasteiger partial charge on any atom is -0.495 e. The second kappa shape index (κ2) is 8.55. The SMILES string of the molecule is COc1cc(-c2ccccc2)sc1C(=O)N1CCN(C(C#N)C(C)C)CC1. The van der Waals surface area contributed by atoms with Crippen LogP contribution in [0.4, 0.5) is 0 Å². The van der Waals surface area contributed by atoms with Gasteiger partial charge in [0.05, 0.1) is 13.2 Å². The predicted octanol–water partition coefficient (Wildman–Crippen LogP) is 3.73. The van der Waals surface area contributed by atoms with Crippen molar-refractivity contribution in [3.05, 3.63) is 41.3 Å². The van der Waals surface area contributed by atoms with Crippen molar-refractivity contribution in [2.75, 3.05) is 33.3 Å². The topological polar surface area (TPSA) is 56.6 Å². The fourth-order valence-corrected chi connectivity index (χ4v) is 4.52. The van der Waals surface area contributed by atoms with Gasteiger partial charge in [-0.15, -0.1) is 11.3 Å². The Bertz CT molecular complexity index is 818. The van der Waals surface area contributed by atoms with Crippen LogP contribution in [0.2, 0.25) is 0 Å². The van der Waals surface area contributed by atoms with E-state index >= 15 is 0 Å². The quantitative estimate of drug-likeness (QED) is 0.789. The van der Waals surface area contributed by atoms with Crippen molar-refractivity contribution in [1.82, 2.24) is 9.80 Å². The largest absolute Gasteiger partial charge is 0.495 e. The Morgan fingerprint density at radius 3 is 2.41 bits per heavy atom. The molecule has 0 bridgehead atoms. The minimum atomic E-state index is -0.0943. The molecule has 1 aliphatic heterocycles. The summed E-state index contributed by atoms with van der Waals surface area (Å²) in [6.45, 7) is 6.83. The molecule has 0 N–H and O–H groups in total. The molecule has 1 aromatic heterocycles. The molecule has 5 nitrogen and oxygen atoms in total. The predicted molar refractivity (Wildman–Crippen MR) is 108 cm³/mol. The number of thiophene rings is 1. The van der Waals surface area contributed by atoms with Gasteiger partial charge in [-0.25, -0.2) is 0 Å². The standard InChI is InChI=1S/C21H25N3O2S/c1-15(2)17(14-22)23-9-11-24(12-10-23)21(25)20-18(26-3)13-19(27-20)16-7-5-4-6-8-16/h4-8,13,15,17H,9-12H2,1-3H3. The third-order valence-corrected chi connectivity index (χ3v) is 6.08. The summed E-state index contributed by atoms with van der Waals surface area (Å²) in [6.07, 6.45) is 0. The number of hydrogen-bond acceptors (Lipinski definition) is 5. The summed E-state index contributed by atoms with van der Waals surface area (Å²) in [6, 6.07) is 14.3. The number of amides is 1. The molecule has 0 aliphatic carbocycles. The number of carbonyl (C=O) groups excluding carboxylic acids is 1. The molecule has 142 valence electrons. The number of piperazine rings is 1. The summed E-state index contributed by atoms with van der Waals surface area (Å²) >= 11 is 1.47. The first-order chi connectivity index (χ1) is 13.0. The van der Waals surface area contributed by atoms with E-state index in [-0.39, 0.29) is 17.9 Å². The molecule has 1 fully saturated rings. The fourth-order valence-electron chi connectivity index (χ4n) is 3.42. The third-order valence-electron chi connectivity index (χ3n) is 4.93. The normalized spacial score (nSPS) is 16.2. The van der Waals surface area contributed by atoms with E-state index in [1.165, 1.54) is 11.3 Å². The van der Waals surface area contributed by atoms with Crippen LogP contribution in [0.25, 0.3) is 10.4 Å². The lowest BCUT2D eigenvalue weighted by Crippen LogP contribution is -2.52. The molecule has 1 saturated heterocycles. The Kier molecular flexibility index (Phi) is 6.15. The van der Waals surface area contributed by atoms with Crippen molar-refractivity contribution in [3.63, 3.8) is 0 Å². The Morgan fingerprint density at radius 1 is 1.19 bits per heavy atom. The molecule has 1 atom stereocenters. The highest BCUT2D eigenvalue weighted by atomic mass is 32.1. The van der Waals surface area contributed by atoms with Crippen molar-refractivity contribution in [1.29, 1.82) is 5.26 Å². The van der Waals surface area contributed by atoms with Gasteiger partial charge in [0.1, 0.15) is 16.7 Å². The number of nitrogens with zero attached hydrogens (tertiary/aromatic N) is 3. The van der Waals surface area contributed by atoms with E-state index in [0.29, 0.717) is 23.7 Å². The smallest absolute Gasteiger partial charge is 0.267 e. The summed E-state index contributed by atoms with van der Waals surface area (Å²) in [7, 11) is 1.60. The average molecular weight is 384 g/mol. The molecule has 0 radical (unpaired) electrons. The van der Waals surface area contributed by atoms with E-state index in [1.54, 1.807) is 7.11 Å². The lowest BCUT2D eigenvalue weighted by Gasteiger charge is -2.38. The van der Waals surface area contributed by atoms with Gasteiger partial charge in [0, 0.05) is 31.1 Å². The maximum Gasteiger partial charge on any atom is 0.267 e. The van der Waals surface area contributed by atoms with Crippen molar-refractivity contribution < 1.29 is 9.53 Å². The molecular formula is C21H25N3O2S. The molecule has 2 heterocycles. The van der Waals surface area contributed by atoms with Gasteiger partial charge < -0.3 is 9.64 Å². The molecule has 0 saturated carbocycles. The van der Waals surface area contributed by atoms with Gasteiger partial charge in [-0.2, -0.15) is 5.26 Å². The summed E-state index contributed by atoms with van der Waals surface area (Å²) in [5.74, 6) is 0.920. The van der Waals surface area contributed by atoms with Gasteiger partial charge in [0.15, 0.2) is 0 Å². The zero-order valence-electron chi connectivity index (χ0n) is 16.0. The maximum atomic E-state index is 13.1. The molecule has 6 heteroatoms. The number of carbonyl (C=O) groups is 1. The summed E-state index contributed by atoms with van der Waals surface area (Å²) < 4.78 is 5.48. The number of rotatable bonds is 5. The molecule has 1 aromatic carbocycles. The van der Waals surface area contributed by atoms with Crippen molar-refractivity contribution in [2.24, 2.45) is 5.92 Å². The van der Waals surface area contributed by atoms with Crippen LogP contribution in [0.15, 0.2) is 36.4 Å². The first-order valence-electron chi connectivity index (χ1n) is 9.21. The Hall–Kier alpha value is -2.36. The van der Waals surface area contributed by atoms with Gasteiger partial charge in [-0.3, -0.25) is 9.69 Å². The maximum absolute atomic E-state index is 13.1. The van der Waals surface area contributed by atoms with E-state index in [4.69, 9.17) is 4.74 Å². The molecule has 0 spiro atoms. The van der Waals surface area contributed by atoms with E-state index in [0.717, 1.165) is 23.5 Å². The lowest BCUT2D eigenvalue weighted by atomic mass is 10.0. The molecule has 1 aliphatic rings. The molecule has 1 unspecified atom stereocenters. The lowest BCUT2D eigenvalue weighted by molar-refractivity contribution is 0.0578. The van der Waals surface area contributed by atoms with Crippen molar-refractivity contribution in [3.8, 4) is 22.3 Å². The second-order valence-corrected chi connectivity index (χ2v) is 8.07. The van der Waals surface area contributed by atoms with Gasteiger partial charge in [-0.1, -0.05) is 44.2 Å². The van der Waals surface area contributed by atoms with Crippen LogP contribution in [-0.4, -0.2) is 55.0 Å². The zero-order chi connectivity index (χ0) is 19.4. The minimum absolute atomic E-state index is 0.0109. The molecule has 3 rings (SSSR count). The van der Waals surface area contributed by atoms with Crippen LogP contribution in [0, 0.1) is 17.2 Å². The summed E-state index contributed by atoms with van der Waals surface area (Å²) in [5.41, 5.74) is 1.08. The van der Waals surface area contributed by atoms with Crippen molar-refractivity contribution in [2.45, 2.75) is 19.9 Å².